The van der Waals surface area contributed by atoms with Gasteiger partial charge in [-0.2, -0.15) is 5.10 Å². The van der Waals surface area contributed by atoms with Gasteiger partial charge in [-0.05, 0) is 33.6 Å². The molecule has 1 rings (SSSR count). The molecule has 0 unspecified atom stereocenters. The number of aromatic nitrogens is 2. The minimum absolute atomic E-state index is 0.0720. The summed E-state index contributed by atoms with van der Waals surface area (Å²) in [5.74, 6) is 1.02. The normalized spacial score (nSPS) is 11.8. The Hall–Kier alpha value is -0.990. The van der Waals surface area contributed by atoms with Crippen LogP contribution in [0.1, 0.15) is 52.3 Å². The van der Waals surface area contributed by atoms with Gasteiger partial charge in [0.05, 0.1) is 0 Å². The van der Waals surface area contributed by atoms with E-state index in [0.29, 0.717) is 0 Å². The molecule has 0 aliphatic rings. The zero-order valence-corrected chi connectivity index (χ0v) is 10.6. The molecule has 1 heterocycles. The van der Waals surface area contributed by atoms with Crippen LogP contribution in [0.3, 0.4) is 0 Å². The molecule has 0 saturated heterocycles. The Labute approximate surface area is 92.7 Å². The second-order valence-corrected chi connectivity index (χ2v) is 5.01. The van der Waals surface area contributed by atoms with Crippen molar-refractivity contribution in [3.05, 3.63) is 11.3 Å². The third-order valence-electron chi connectivity index (χ3n) is 2.30. The number of H-pyrrole nitrogens is 1. The maximum Gasteiger partial charge on any atom is 0.151 e. The molecular weight excluding hydrogens is 186 g/mol. The standard InChI is InChI=1S/C12H23N3/c1-6-8-10-9(7-2)11(15-14-10)13-12(3,4)5/h6-8H2,1-5H3,(H2,13,14,15). The first-order valence-electron chi connectivity index (χ1n) is 5.82. The average Bonchev–Trinajstić information content (AvgIpc) is 2.45. The molecule has 0 radical (unpaired) electrons. The molecule has 0 aliphatic carbocycles. The fraction of sp³-hybridized carbons (Fsp3) is 0.750. The van der Waals surface area contributed by atoms with E-state index >= 15 is 0 Å². The molecule has 0 amide bonds. The van der Waals surface area contributed by atoms with E-state index in [1.807, 2.05) is 0 Å². The van der Waals surface area contributed by atoms with Crippen LogP contribution in [0.15, 0.2) is 0 Å². The van der Waals surface area contributed by atoms with E-state index in [9.17, 15) is 0 Å². The molecule has 2 N–H and O–H groups in total. The Morgan fingerprint density at radius 2 is 1.93 bits per heavy atom. The summed E-state index contributed by atoms with van der Waals surface area (Å²) in [4.78, 5) is 0. The molecule has 15 heavy (non-hydrogen) atoms. The summed E-state index contributed by atoms with van der Waals surface area (Å²) in [6, 6.07) is 0. The van der Waals surface area contributed by atoms with E-state index in [1.54, 1.807) is 0 Å². The molecule has 1 aromatic rings. The third-order valence-corrected chi connectivity index (χ3v) is 2.30. The van der Waals surface area contributed by atoms with E-state index in [4.69, 9.17) is 0 Å². The summed E-state index contributed by atoms with van der Waals surface area (Å²) < 4.78 is 0. The quantitative estimate of drug-likeness (QED) is 0.800. The fourth-order valence-electron chi connectivity index (χ4n) is 1.70. The number of nitrogens with one attached hydrogen (secondary N) is 2. The highest BCUT2D eigenvalue weighted by molar-refractivity contribution is 5.48. The second kappa shape index (κ2) is 4.69. The van der Waals surface area contributed by atoms with Gasteiger partial charge in [0.2, 0.25) is 0 Å². The van der Waals surface area contributed by atoms with Crippen molar-refractivity contribution in [2.24, 2.45) is 0 Å². The Bertz CT molecular complexity index is 307. The van der Waals surface area contributed by atoms with Crippen molar-refractivity contribution in [1.29, 1.82) is 0 Å². The molecule has 0 spiro atoms. The van der Waals surface area contributed by atoms with Crippen molar-refractivity contribution in [2.75, 3.05) is 5.32 Å². The van der Waals surface area contributed by atoms with Crippen molar-refractivity contribution < 1.29 is 0 Å². The van der Waals surface area contributed by atoms with Gasteiger partial charge in [0.25, 0.3) is 0 Å². The lowest BCUT2D eigenvalue weighted by Crippen LogP contribution is -2.26. The van der Waals surface area contributed by atoms with Gasteiger partial charge in [-0.25, -0.2) is 0 Å². The lowest BCUT2D eigenvalue weighted by molar-refractivity contribution is 0.629. The van der Waals surface area contributed by atoms with Crippen molar-refractivity contribution in [2.45, 2.75) is 59.4 Å². The summed E-state index contributed by atoms with van der Waals surface area (Å²) in [5.41, 5.74) is 2.70. The van der Waals surface area contributed by atoms with Gasteiger partial charge in [-0.15, -0.1) is 0 Å². The Kier molecular flexibility index (Phi) is 3.77. The minimum atomic E-state index is 0.0720. The first-order chi connectivity index (χ1) is 6.98. The molecule has 1 aromatic heterocycles. The second-order valence-electron chi connectivity index (χ2n) is 5.01. The van der Waals surface area contributed by atoms with Gasteiger partial charge < -0.3 is 5.32 Å². The van der Waals surface area contributed by atoms with Crippen molar-refractivity contribution in [3.8, 4) is 0 Å². The van der Waals surface area contributed by atoms with Gasteiger partial charge in [0.1, 0.15) is 0 Å². The number of aryl methyl sites for hydroxylation is 1. The molecular formula is C12H23N3. The summed E-state index contributed by atoms with van der Waals surface area (Å²) in [7, 11) is 0. The Morgan fingerprint density at radius 1 is 1.27 bits per heavy atom. The van der Waals surface area contributed by atoms with Crippen LogP contribution in [-0.4, -0.2) is 15.7 Å². The summed E-state index contributed by atoms with van der Waals surface area (Å²) in [5, 5.41) is 10.9. The molecule has 0 aliphatic heterocycles. The van der Waals surface area contributed by atoms with Crippen LogP contribution in [0.2, 0.25) is 0 Å². The monoisotopic (exact) mass is 209 g/mol. The molecule has 86 valence electrons. The fourth-order valence-corrected chi connectivity index (χ4v) is 1.70. The van der Waals surface area contributed by atoms with Gasteiger partial charge in [0.15, 0.2) is 5.82 Å². The summed E-state index contributed by atoms with van der Waals surface area (Å²) >= 11 is 0. The molecule has 3 nitrogen and oxygen atoms in total. The predicted molar refractivity (Wildman–Crippen MR) is 65.3 cm³/mol. The van der Waals surface area contributed by atoms with Crippen LogP contribution in [0, 0.1) is 0 Å². The van der Waals surface area contributed by atoms with E-state index in [1.165, 1.54) is 11.3 Å². The Balaban J connectivity index is 2.89. The number of anilines is 1. The highest BCUT2D eigenvalue weighted by atomic mass is 15.2. The summed E-state index contributed by atoms with van der Waals surface area (Å²) in [6.45, 7) is 10.8. The summed E-state index contributed by atoms with van der Waals surface area (Å²) in [6.07, 6.45) is 3.27. The predicted octanol–water partition coefficient (Wildman–Crippen LogP) is 3.14. The molecule has 0 aromatic carbocycles. The SMILES string of the molecule is CCCc1[nH]nc(NC(C)(C)C)c1CC. The van der Waals surface area contributed by atoms with Crippen LogP contribution >= 0.6 is 0 Å². The lowest BCUT2D eigenvalue weighted by atomic mass is 10.1. The van der Waals surface area contributed by atoms with E-state index in [2.05, 4.69) is 50.1 Å². The number of nitrogens with zero attached hydrogens (tertiary/aromatic N) is 1. The minimum Gasteiger partial charge on any atom is -0.364 e. The molecule has 0 bridgehead atoms. The maximum atomic E-state index is 4.35. The topological polar surface area (TPSA) is 40.7 Å². The van der Waals surface area contributed by atoms with Gasteiger partial charge >= 0.3 is 0 Å². The van der Waals surface area contributed by atoms with Crippen LogP contribution in [0.25, 0.3) is 0 Å². The number of hydrogen-bond donors (Lipinski definition) is 2. The van der Waals surface area contributed by atoms with E-state index < -0.39 is 0 Å². The number of hydrogen-bond acceptors (Lipinski definition) is 2. The average molecular weight is 209 g/mol. The first kappa shape index (κ1) is 12.1. The van der Waals surface area contributed by atoms with Gasteiger partial charge in [0, 0.05) is 16.8 Å². The van der Waals surface area contributed by atoms with Crippen LogP contribution in [0.4, 0.5) is 5.82 Å². The van der Waals surface area contributed by atoms with Crippen LogP contribution < -0.4 is 5.32 Å². The highest BCUT2D eigenvalue weighted by Gasteiger charge is 2.16. The highest BCUT2D eigenvalue weighted by Crippen LogP contribution is 2.21. The maximum absolute atomic E-state index is 4.35. The van der Waals surface area contributed by atoms with Gasteiger partial charge in [-0.3, -0.25) is 5.10 Å². The van der Waals surface area contributed by atoms with Crippen LogP contribution in [0.5, 0.6) is 0 Å². The molecule has 0 fully saturated rings. The molecule has 0 atom stereocenters. The first-order valence-corrected chi connectivity index (χ1v) is 5.82. The number of rotatable bonds is 4. The molecule has 0 saturated carbocycles. The van der Waals surface area contributed by atoms with E-state index in [-0.39, 0.29) is 5.54 Å². The van der Waals surface area contributed by atoms with Crippen LogP contribution in [-0.2, 0) is 12.8 Å². The van der Waals surface area contributed by atoms with Crippen molar-refractivity contribution >= 4 is 5.82 Å². The largest absolute Gasteiger partial charge is 0.364 e. The number of aromatic amines is 1. The lowest BCUT2D eigenvalue weighted by Gasteiger charge is -2.21. The van der Waals surface area contributed by atoms with Crippen molar-refractivity contribution in [3.63, 3.8) is 0 Å². The zero-order chi connectivity index (χ0) is 11.5. The smallest absolute Gasteiger partial charge is 0.151 e. The van der Waals surface area contributed by atoms with E-state index in [0.717, 1.165) is 25.1 Å². The third kappa shape index (κ3) is 3.26. The Morgan fingerprint density at radius 3 is 2.40 bits per heavy atom. The van der Waals surface area contributed by atoms with Gasteiger partial charge in [-0.1, -0.05) is 20.3 Å². The zero-order valence-electron chi connectivity index (χ0n) is 10.6. The van der Waals surface area contributed by atoms with Crippen molar-refractivity contribution in [1.82, 2.24) is 10.2 Å². The molecule has 3 heteroatoms.